The largest absolute Gasteiger partial charge is 0.375 e. The molecule has 5 aliphatic rings. The van der Waals surface area contributed by atoms with Crippen molar-refractivity contribution in [2.45, 2.75) is 44.1 Å². The van der Waals surface area contributed by atoms with E-state index < -0.39 is 5.54 Å². The van der Waals surface area contributed by atoms with Crippen LogP contribution in [-0.2, 0) is 26.3 Å². The van der Waals surface area contributed by atoms with Crippen LogP contribution in [-0.4, -0.2) is 64.9 Å². The van der Waals surface area contributed by atoms with E-state index in [0.717, 1.165) is 42.5 Å². The van der Waals surface area contributed by atoms with Crippen molar-refractivity contribution < 1.29 is 14.3 Å². The van der Waals surface area contributed by atoms with E-state index in [2.05, 4.69) is 14.9 Å². The van der Waals surface area contributed by atoms with E-state index in [0.29, 0.717) is 43.3 Å². The van der Waals surface area contributed by atoms with Crippen LogP contribution >= 0.6 is 0 Å². The molecule has 5 atom stereocenters. The second kappa shape index (κ2) is 6.30. The average Bonchev–Trinajstić information content (AvgIpc) is 3.09. The summed E-state index contributed by atoms with van der Waals surface area (Å²) in [5, 5.41) is 0. The van der Waals surface area contributed by atoms with Gasteiger partial charge >= 0.3 is 0 Å². The molecule has 2 bridgehead atoms. The second-order valence-electron chi connectivity index (χ2n) is 9.83. The second-order valence-corrected chi connectivity index (χ2v) is 9.83. The Hall–Kier alpha value is -1.89. The van der Waals surface area contributed by atoms with Gasteiger partial charge in [-0.15, -0.1) is 0 Å². The maximum atomic E-state index is 13.3. The molecule has 2 aliphatic heterocycles. The summed E-state index contributed by atoms with van der Waals surface area (Å²) in [6.07, 6.45) is 8.13. The topological polar surface area (TPSA) is 78.5 Å². The smallest absolute Gasteiger partial charge is 0.249 e. The van der Waals surface area contributed by atoms with Crippen LogP contribution in [0.1, 0.15) is 43.5 Å². The van der Waals surface area contributed by atoms with Crippen molar-refractivity contribution in [2.24, 2.45) is 29.6 Å². The van der Waals surface area contributed by atoms with E-state index in [1.165, 1.54) is 19.3 Å². The highest BCUT2D eigenvalue weighted by atomic mass is 16.5. The summed E-state index contributed by atoms with van der Waals surface area (Å²) in [6, 6.07) is 0. The third-order valence-corrected chi connectivity index (χ3v) is 8.75. The minimum Gasteiger partial charge on any atom is -0.375 e. The monoisotopic (exact) mass is 398 g/mol. The number of carbonyl (C=O) groups is 2. The van der Waals surface area contributed by atoms with Gasteiger partial charge in [0.25, 0.3) is 0 Å². The molecule has 1 unspecified atom stereocenters. The maximum absolute atomic E-state index is 13.3. The first-order valence-electron chi connectivity index (χ1n) is 11.2. The number of piperidine rings is 1. The number of methoxy groups -OCH3 is 1. The van der Waals surface area contributed by atoms with Crippen molar-refractivity contribution in [1.82, 2.24) is 19.8 Å². The number of likely N-dealkylation sites (tertiary alicyclic amines) is 1. The van der Waals surface area contributed by atoms with Gasteiger partial charge in [-0.05, 0) is 55.8 Å². The minimum absolute atomic E-state index is 0.0224. The summed E-state index contributed by atoms with van der Waals surface area (Å²) in [5.41, 5.74) is 1.74. The first kappa shape index (κ1) is 17.9. The molecule has 1 spiro atoms. The standard InChI is InChI=1S/C22H30N4O3/c1-29-11-16(27)26-7-4-15-20(24-12-23-15)22(26)5-8-25(9-6-22)21(28)19-17-13-2-3-14(10-13)18(17)19/h12-14,17-19H,2-11H2,1H3,(H,23,24)/t13-,14+,17+,18-,19?. The molecular weight excluding hydrogens is 368 g/mol. The lowest BCUT2D eigenvalue weighted by molar-refractivity contribution is -0.148. The maximum Gasteiger partial charge on any atom is 0.249 e. The number of fused-ring (bicyclic) bond motifs is 7. The van der Waals surface area contributed by atoms with Crippen LogP contribution in [0.2, 0.25) is 0 Å². The van der Waals surface area contributed by atoms with Crippen LogP contribution in [0, 0.1) is 29.6 Å². The molecule has 1 aromatic rings. The van der Waals surface area contributed by atoms with Crippen molar-refractivity contribution >= 4 is 11.8 Å². The number of amides is 2. The van der Waals surface area contributed by atoms with E-state index in [9.17, 15) is 9.59 Å². The molecule has 1 saturated heterocycles. The van der Waals surface area contributed by atoms with E-state index >= 15 is 0 Å². The number of imidazole rings is 1. The van der Waals surface area contributed by atoms with Gasteiger partial charge in [-0.25, -0.2) is 4.98 Å². The van der Waals surface area contributed by atoms with Gasteiger partial charge in [0, 0.05) is 44.8 Å². The Morgan fingerprint density at radius 1 is 1.21 bits per heavy atom. The molecule has 0 aromatic carbocycles. The number of nitrogens with one attached hydrogen (secondary N) is 1. The third-order valence-electron chi connectivity index (χ3n) is 8.75. The lowest BCUT2D eigenvalue weighted by atomic mass is 9.78. The fourth-order valence-electron chi connectivity index (χ4n) is 7.51. The number of hydrogen-bond donors (Lipinski definition) is 1. The van der Waals surface area contributed by atoms with Gasteiger partial charge in [0.05, 0.1) is 17.6 Å². The average molecular weight is 399 g/mol. The quantitative estimate of drug-likeness (QED) is 0.838. The number of ether oxygens (including phenoxy) is 1. The molecule has 3 aliphatic carbocycles. The summed E-state index contributed by atoms with van der Waals surface area (Å²) >= 11 is 0. The number of carbonyl (C=O) groups excluding carboxylic acids is 2. The normalized spacial score (nSPS) is 36.2. The summed E-state index contributed by atoms with van der Waals surface area (Å²) in [6.45, 7) is 2.21. The number of aromatic amines is 1. The Bertz CT molecular complexity index is 827. The molecule has 7 heteroatoms. The van der Waals surface area contributed by atoms with Crippen molar-refractivity contribution in [3.8, 4) is 0 Å². The van der Waals surface area contributed by atoms with Crippen LogP contribution < -0.4 is 0 Å². The predicted octanol–water partition coefficient (Wildman–Crippen LogP) is 1.55. The highest BCUT2D eigenvalue weighted by Gasteiger charge is 2.68. The Kier molecular flexibility index (Phi) is 3.90. The summed E-state index contributed by atoms with van der Waals surface area (Å²) < 4.78 is 5.14. The molecule has 1 aromatic heterocycles. The van der Waals surface area contributed by atoms with Crippen molar-refractivity contribution in [3.63, 3.8) is 0 Å². The van der Waals surface area contributed by atoms with Crippen molar-refractivity contribution in [3.05, 3.63) is 17.7 Å². The molecule has 3 heterocycles. The summed E-state index contributed by atoms with van der Waals surface area (Å²) in [5.74, 6) is 3.72. The lowest BCUT2D eigenvalue weighted by Crippen LogP contribution is -2.59. The number of hydrogen-bond acceptors (Lipinski definition) is 4. The van der Waals surface area contributed by atoms with Crippen LogP contribution in [0.3, 0.4) is 0 Å². The fraction of sp³-hybridized carbons (Fsp3) is 0.773. The molecule has 4 fully saturated rings. The highest BCUT2D eigenvalue weighted by molar-refractivity contribution is 5.83. The first-order valence-corrected chi connectivity index (χ1v) is 11.2. The van der Waals surface area contributed by atoms with Gasteiger partial charge in [0.15, 0.2) is 0 Å². The summed E-state index contributed by atoms with van der Waals surface area (Å²) in [4.78, 5) is 38.1. The zero-order valence-electron chi connectivity index (χ0n) is 17.1. The van der Waals surface area contributed by atoms with Gasteiger partial charge < -0.3 is 19.5 Å². The fourth-order valence-corrected chi connectivity index (χ4v) is 7.51. The van der Waals surface area contributed by atoms with E-state index in [1.54, 1.807) is 13.4 Å². The van der Waals surface area contributed by atoms with Crippen LogP contribution in [0.25, 0.3) is 0 Å². The molecular formula is C22H30N4O3. The molecule has 2 amide bonds. The van der Waals surface area contributed by atoms with E-state index in [4.69, 9.17) is 4.74 Å². The Labute approximate surface area is 171 Å². The number of rotatable bonds is 3. The van der Waals surface area contributed by atoms with Gasteiger partial charge in [-0.2, -0.15) is 0 Å². The Balaban J connectivity index is 1.21. The van der Waals surface area contributed by atoms with Crippen molar-refractivity contribution in [2.75, 3.05) is 33.4 Å². The lowest BCUT2D eigenvalue weighted by Gasteiger charge is -2.50. The molecule has 7 nitrogen and oxygen atoms in total. The van der Waals surface area contributed by atoms with E-state index in [1.807, 2.05) is 4.90 Å². The predicted molar refractivity (Wildman–Crippen MR) is 105 cm³/mol. The SMILES string of the molecule is COCC(=O)N1CCc2[nH]cnc2C12CCN(C(=O)C1[C@@H]3[C@H]4CC[C@H](C4)[C@H]13)CC2. The number of H-pyrrole nitrogens is 1. The van der Waals surface area contributed by atoms with Crippen LogP contribution in [0.4, 0.5) is 0 Å². The van der Waals surface area contributed by atoms with Crippen LogP contribution in [0.15, 0.2) is 6.33 Å². The minimum atomic E-state index is -0.404. The van der Waals surface area contributed by atoms with E-state index in [-0.39, 0.29) is 12.5 Å². The zero-order chi connectivity index (χ0) is 19.8. The molecule has 6 rings (SSSR count). The first-order chi connectivity index (χ1) is 14.1. The van der Waals surface area contributed by atoms with Crippen LogP contribution in [0.5, 0.6) is 0 Å². The van der Waals surface area contributed by atoms with Gasteiger partial charge in [0.2, 0.25) is 11.8 Å². The summed E-state index contributed by atoms with van der Waals surface area (Å²) in [7, 11) is 1.56. The number of aromatic nitrogens is 2. The molecule has 0 radical (unpaired) electrons. The Morgan fingerprint density at radius 3 is 2.62 bits per heavy atom. The Morgan fingerprint density at radius 2 is 1.93 bits per heavy atom. The molecule has 3 saturated carbocycles. The van der Waals surface area contributed by atoms with Gasteiger partial charge in [-0.1, -0.05) is 0 Å². The zero-order valence-corrected chi connectivity index (χ0v) is 17.1. The third kappa shape index (κ3) is 2.43. The van der Waals surface area contributed by atoms with Crippen molar-refractivity contribution in [1.29, 1.82) is 0 Å². The van der Waals surface area contributed by atoms with Gasteiger partial charge in [0.1, 0.15) is 6.61 Å². The molecule has 29 heavy (non-hydrogen) atoms. The molecule has 1 N–H and O–H groups in total. The molecule has 156 valence electrons. The number of nitrogens with zero attached hydrogens (tertiary/aromatic N) is 3. The highest BCUT2D eigenvalue weighted by Crippen LogP contribution is 2.69. The van der Waals surface area contributed by atoms with Gasteiger partial charge in [-0.3, -0.25) is 9.59 Å².